The normalized spacial score (nSPS) is 18.4. The molecule has 2 aliphatic rings. The smallest absolute Gasteiger partial charge is 0.279 e. The highest BCUT2D eigenvalue weighted by molar-refractivity contribution is 5.91. The monoisotopic (exact) mass is 380 g/mol. The number of carbonyl (C=O) groups excluding carboxylic acids is 1. The van der Waals surface area contributed by atoms with Crippen LogP contribution in [0.5, 0.6) is 0 Å². The summed E-state index contributed by atoms with van der Waals surface area (Å²) in [6.45, 7) is 8.43. The Balaban J connectivity index is 1.24. The first-order valence-electron chi connectivity index (χ1n) is 10.6. The highest BCUT2D eigenvalue weighted by Gasteiger charge is 2.21. The molecule has 5 heteroatoms. The molecule has 0 atom stereocenters. The van der Waals surface area contributed by atoms with Crippen molar-refractivity contribution in [3.8, 4) is 0 Å². The maximum absolute atomic E-state index is 12.2. The van der Waals surface area contributed by atoms with Crippen molar-refractivity contribution in [2.75, 3.05) is 56.0 Å². The van der Waals surface area contributed by atoms with Crippen LogP contribution in [0.3, 0.4) is 0 Å². The zero-order valence-corrected chi connectivity index (χ0v) is 16.6. The van der Waals surface area contributed by atoms with E-state index in [1.807, 2.05) is 12.1 Å². The Labute approximate surface area is 167 Å². The van der Waals surface area contributed by atoms with Gasteiger partial charge in [0.25, 0.3) is 5.91 Å². The van der Waals surface area contributed by atoms with Crippen LogP contribution in [0.15, 0.2) is 54.6 Å². The van der Waals surface area contributed by atoms with E-state index in [0.29, 0.717) is 6.54 Å². The molecule has 2 fully saturated rings. The standard InChI is InChI=1S/C23H30N4O/c28-23(19-25-12-4-5-13-25)24-21-8-10-22(11-9-21)27-16-14-26(15-17-27)18-20-6-2-1-3-7-20/h1-3,6-11H,4-5,12-19H2,(H,24,28)/p+2. The first kappa shape index (κ1) is 19.0. The lowest BCUT2D eigenvalue weighted by Crippen LogP contribution is -3.13. The van der Waals surface area contributed by atoms with Crippen molar-refractivity contribution in [3.05, 3.63) is 60.2 Å². The van der Waals surface area contributed by atoms with Crippen LogP contribution < -0.4 is 20.0 Å². The first-order valence-corrected chi connectivity index (χ1v) is 10.6. The second kappa shape index (κ2) is 9.22. The number of piperazine rings is 1. The number of hydrogen-bond acceptors (Lipinski definition) is 2. The van der Waals surface area contributed by atoms with Crippen LogP contribution in [-0.2, 0) is 11.3 Å². The highest BCUT2D eigenvalue weighted by Crippen LogP contribution is 2.18. The Morgan fingerprint density at radius 1 is 0.857 bits per heavy atom. The highest BCUT2D eigenvalue weighted by atomic mass is 16.2. The summed E-state index contributed by atoms with van der Waals surface area (Å²) in [5.74, 6) is 0.128. The van der Waals surface area contributed by atoms with Crippen molar-refractivity contribution in [1.29, 1.82) is 0 Å². The van der Waals surface area contributed by atoms with Crippen molar-refractivity contribution < 1.29 is 14.6 Å². The number of rotatable bonds is 6. The summed E-state index contributed by atoms with van der Waals surface area (Å²) in [6.07, 6.45) is 2.50. The van der Waals surface area contributed by atoms with Crippen LogP contribution in [0.4, 0.5) is 11.4 Å². The van der Waals surface area contributed by atoms with Gasteiger partial charge in [0.15, 0.2) is 6.54 Å². The zero-order valence-electron chi connectivity index (χ0n) is 16.6. The van der Waals surface area contributed by atoms with Crippen molar-refractivity contribution in [2.45, 2.75) is 19.4 Å². The fraction of sp³-hybridized carbons (Fsp3) is 0.435. The molecule has 148 valence electrons. The molecule has 2 aromatic carbocycles. The zero-order chi connectivity index (χ0) is 19.2. The Hall–Kier alpha value is -2.37. The Kier molecular flexibility index (Phi) is 6.24. The molecular formula is C23H32N4O+2. The number of likely N-dealkylation sites (tertiary alicyclic amines) is 1. The molecule has 2 aliphatic heterocycles. The van der Waals surface area contributed by atoms with Crippen LogP contribution in [0.2, 0.25) is 0 Å². The fourth-order valence-corrected chi connectivity index (χ4v) is 4.38. The number of nitrogens with zero attached hydrogens (tertiary/aromatic N) is 1. The number of benzene rings is 2. The molecule has 0 radical (unpaired) electrons. The lowest BCUT2D eigenvalue weighted by atomic mass is 10.2. The number of anilines is 2. The van der Waals surface area contributed by atoms with Crippen molar-refractivity contribution in [3.63, 3.8) is 0 Å². The van der Waals surface area contributed by atoms with E-state index in [2.05, 4.69) is 52.7 Å². The number of amides is 1. The van der Waals surface area contributed by atoms with Crippen LogP contribution in [-0.4, -0.2) is 51.7 Å². The van der Waals surface area contributed by atoms with Gasteiger partial charge in [-0.2, -0.15) is 0 Å². The van der Waals surface area contributed by atoms with Gasteiger partial charge in [-0.25, -0.2) is 0 Å². The maximum atomic E-state index is 12.2. The quantitative estimate of drug-likeness (QED) is 0.671. The minimum absolute atomic E-state index is 0.128. The molecule has 0 unspecified atom stereocenters. The van der Waals surface area contributed by atoms with E-state index in [9.17, 15) is 4.79 Å². The van der Waals surface area contributed by atoms with E-state index in [0.717, 1.165) is 51.5 Å². The molecule has 0 aromatic heterocycles. The number of hydrogen-bond donors (Lipinski definition) is 3. The number of carbonyl (C=O) groups is 1. The summed E-state index contributed by atoms with van der Waals surface area (Å²) >= 11 is 0. The van der Waals surface area contributed by atoms with Crippen molar-refractivity contribution in [2.24, 2.45) is 0 Å². The van der Waals surface area contributed by atoms with Crippen LogP contribution in [0.1, 0.15) is 18.4 Å². The number of nitrogens with one attached hydrogen (secondary N) is 3. The minimum Gasteiger partial charge on any atom is -0.360 e. The molecule has 0 saturated carbocycles. The largest absolute Gasteiger partial charge is 0.360 e. The van der Waals surface area contributed by atoms with E-state index in [1.54, 1.807) is 4.90 Å². The average Bonchev–Trinajstić information content (AvgIpc) is 3.23. The van der Waals surface area contributed by atoms with E-state index < -0.39 is 0 Å². The van der Waals surface area contributed by atoms with E-state index in [4.69, 9.17) is 0 Å². The Bertz CT molecular complexity index is 748. The SMILES string of the molecule is O=C(C[NH+]1CCCC1)Nc1ccc(N2CC[NH+](Cc3ccccc3)CC2)cc1. The second-order valence-corrected chi connectivity index (χ2v) is 8.13. The predicted molar refractivity (Wildman–Crippen MR) is 113 cm³/mol. The third-order valence-corrected chi connectivity index (χ3v) is 6.00. The van der Waals surface area contributed by atoms with Crippen LogP contribution >= 0.6 is 0 Å². The molecule has 0 aliphatic carbocycles. The summed E-state index contributed by atoms with van der Waals surface area (Å²) in [5.41, 5.74) is 3.57. The molecule has 2 aromatic rings. The van der Waals surface area contributed by atoms with Gasteiger partial charge in [0.05, 0.1) is 39.3 Å². The number of quaternary nitrogens is 2. The van der Waals surface area contributed by atoms with Gasteiger partial charge in [-0.1, -0.05) is 30.3 Å². The van der Waals surface area contributed by atoms with Gasteiger partial charge in [0, 0.05) is 29.8 Å². The lowest BCUT2D eigenvalue weighted by Gasteiger charge is -2.33. The molecule has 2 saturated heterocycles. The van der Waals surface area contributed by atoms with E-state index in [-0.39, 0.29) is 5.91 Å². The lowest BCUT2D eigenvalue weighted by molar-refractivity contribution is -0.914. The molecule has 0 bridgehead atoms. The van der Waals surface area contributed by atoms with E-state index >= 15 is 0 Å². The molecule has 4 rings (SSSR count). The summed E-state index contributed by atoms with van der Waals surface area (Å²) in [5, 5.41) is 3.05. The van der Waals surface area contributed by atoms with E-state index in [1.165, 1.54) is 29.0 Å². The van der Waals surface area contributed by atoms with Gasteiger partial charge in [0.1, 0.15) is 6.54 Å². The Morgan fingerprint density at radius 2 is 1.54 bits per heavy atom. The fourth-order valence-electron chi connectivity index (χ4n) is 4.38. The predicted octanol–water partition coefficient (Wildman–Crippen LogP) is 0.209. The van der Waals surface area contributed by atoms with Crippen molar-refractivity contribution in [1.82, 2.24) is 0 Å². The third-order valence-electron chi connectivity index (χ3n) is 6.00. The van der Waals surface area contributed by atoms with Gasteiger partial charge < -0.3 is 20.0 Å². The maximum Gasteiger partial charge on any atom is 0.279 e. The average molecular weight is 381 g/mol. The summed E-state index contributed by atoms with van der Waals surface area (Å²) < 4.78 is 0. The molecule has 0 spiro atoms. The molecule has 2 heterocycles. The summed E-state index contributed by atoms with van der Waals surface area (Å²) in [6, 6.07) is 19.1. The minimum atomic E-state index is 0.128. The molecule has 5 nitrogen and oxygen atoms in total. The molecule has 3 N–H and O–H groups in total. The van der Waals surface area contributed by atoms with Crippen LogP contribution in [0, 0.1) is 0 Å². The second-order valence-electron chi connectivity index (χ2n) is 8.13. The topological polar surface area (TPSA) is 41.2 Å². The Morgan fingerprint density at radius 3 is 2.21 bits per heavy atom. The molecule has 28 heavy (non-hydrogen) atoms. The van der Waals surface area contributed by atoms with Crippen molar-refractivity contribution >= 4 is 17.3 Å². The van der Waals surface area contributed by atoms with Gasteiger partial charge in [-0.15, -0.1) is 0 Å². The first-order chi connectivity index (χ1) is 13.8. The third kappa shape index (κ3) is 5.12. The van der Waals surface area contributed by atoms with Crippen LogP contribution in [0.25, 0.3) is 0 Å². The van der Waals surface area contributed by atoms with Gasteiger partial charge in [0.2, 0.25) is 0 Å². The molecular weight excluding hydrogens is 348 g/mol. The summed E-state index contributed by atoms with van der Waals surface area (Å²) in [7, 11) is 0. The summed E-state index contributed by atoms with van der Waals surface area (Å²) in [4.78, 5) is 17.7. The van der Waals surface area contributed by atoms with Gasteiger partial charge >= 0.3 is 0 Å². The molecule has 1 amide bonds. The van der Waals surface area contributed by atoms with Gasteiger partial charge in [-0.05, 0) is 24.3 Å². The van der Waals surface area contributed by atoms with Gasteiger partial charge in [-0.3, -0.25) is 4.79 Å².